The van der Waals surface area contributed by atoms with E-state index < -0.39 is 5.97 Å². The van der Waals surface area contributed by atoms with Gasteiger partial charge in [-0.25, -0.2) is 0 Å². The Morgan fingerprint density at radius 1 is 1.33 bits per heavy atom. The number of hydrogen-bond acceptors (Lipinski definition) is 5. The van der Waals surface area contributed by atoms with Crippen LogP contribution in [-0.4, -0.2) is 44.2 Å². The predicted molar refractivity (Wildman–Crippen MR) is 81.9 cm³/mol. The van der Waals surface area contributed by atoms with Crippen molar-refractivity contribution in [3.63, 3.8) is 0 Å². The van der Waals surface area contributed by atoms with Gasteiger partial charge < -0.3 is 10.0 Å². The van der Waals surface area contributed by atoms with Crippen molar-refractivity contribution in [3.05, 3.63) is 0 Å². The lowest BCUT2D eigenvalue weighted by Gasteiger charge is -2.37. The molecule has 1 aromatic heterocycles. The molecule has 0 bridgehead atoms. The third-order valence-electron chi connectivity index (χ3n) is 4.28. The van der Waals surface area contributed by atoms with Crippen LogP contribution in [0.5, 0.6) is 0 Å². The van der Waals surface area contributed by atoms with Crippen molar-refractivity contribution >= 4 is 23.7 Å². The Labute approximate surface area is 128 Å². The molecule has 6 nitrogen and oxygen atoms in total. The van der Waals surface area contributed by atoms with Gasteiger partial charge in [0, 0.05) is 18.6 Å². The number of anilines is 1. The van der Waals surface area contributed by atoms with Gasteiger partial charge in [0.15, 0.2) is 5.16 Å². The van der Waals surface area contributed by atoms with Crippen LogP contribution in [0, 0.1) is 5.92 Å². The largest absolute Gasteiger partial charge is 0.481 e. The summed E-state index contributed by atoms with van der Waals surface area (Å²) in [6, 6.07) is 0.922. The van der Waals surface area contributed by atoms with Gasteiger partial charge in [0.2, 0.25) is 5.95 Å². The number of carboxylic acid groups (broad SMARTS) is 1. The average Bonchev–Trinajstić information content (AvgIpc) is 3.17. The third kappa shape index (κ3) is 3.17. The maximum Gasteiger partial charge on any atom is 0.313 e. The van der Waals surface area contributed by atoms with Crippen LogP contribution < -0.4 is 4.90 Å². The molecular formula is C14H22N4O2S. The third-order valence-corrected chi connectivity index (χ3v) is 5.21. The molecule has 2 aliphatic rings. The molecule has 116 valence electrons. The van der Waals surface area contributed by atoms with E-state index in [1.807, 2.05) is 0 Å². The first-order valence-electron chi connectivity index (χ1n) is 7.62. The summed E-state index contributed by atoms with van der Waals surface area (Å²) in [7, 11) is 0. The number of rotatable bonds is 5. The van der Waals surface area contributed by atoms with Crippen LogP contribution in [0.1, 0.15) is 45.6 Å². The number of piperidine rings is 1. The van der Waals surface area contributed by atoms with Gasteiger partial charge in [-0.15, -0.1) is 10.2 Å². The second-order valence-electron chi connectivity index (χ2n) is 6.24. The maximum absolute atomic E-state index is 10.8. The Bertz CT molecular complexity index is 529. The lowest BCUT2D eigenvalue weighted by Crippen LogP contribution is -2.41. The summed E-state index contributed by atoms with van der Waals surface area (Å²) in [5, 5.41) is 18.2. The number of carbonyl (C=O) groups is 1. The number of thioether (sulfide) groups is 1. The summed E-state index contributed by atoms with van der Waals surface area (Å²) in [5.41, 5.74) is 0. The molecule has 3 rings (SSSR count). The van der Waals surface area contributed by atoms with Gasteiger partial charge in [0.05, 0.1) is 5.75 Å². The van der Waals surface area contributed by atoms with Crippen LogP contribution in [0.25, 0.3) is 0 Å². The number of nitrogens with zero attached hydrogens (tertiary/aromatic N) is 4. The molecule has 1 saturated heterocycles. The molecule has 2 heterocycles. The quantitative estimate of drug-likeness (QED) is 0.842. The van der Waals surface area contributed by atoms with E-state index in [4.69, 9.17) is 5.11 Å². The van der Waals surface area contributed by atoms with Crippen molar-refractivity contribution < 1.29 is 9.90 Å². The van der Waals surface area contributed by atoms with Crippen LogP contribution >= 0.6 is 11.8 Å². The molecule has 2 fully saturated rings. The van der Waals surface area contributed by atoms with Crippen molar-refractivity contribution in [2.45, 2.75) is 56.8 Å². The number of hydrogen-bond donors (Lipinski definition) is 1. The van der Waals surface area contributed by atoms with Crippen molar-refractivity contribution in [1.29, 1.82) is 0 Å². The van der Waals surface area contributed by atoms with E-state index >= 15 is 0 Å². The highest BCUT2D eigenvalue weighted by molar-refractivity contribution is 7.99. The van der Waals surface area contributed by atoms with E-state index in [9.17, 15) is 4.79 Å². The summed E-state index contributed by atoms with van der Waals surface area (Å²) in [4.78, 5) is 13.1. The van der Waals surface area contributed by atoms with Gasteiger partial charge in [-0.1, -0.05) is 18.7 Å². The highest BCUT2D eigenvalue weighted by Crippen LogP contribution is 2.42. The minimum absolute atomic E-state index is 0.0391. The van der Waals surface area contributed by atoms with Crippen molar-refractivity contribution in [1.82, 2.24) is 14.8 Å². The first kappa shape index (κ1) is 14.7. The van der Waals surface area contributed by atoms with Crippen LogP contribution in [0.2, 0.25) is 0 Å². The molecule has 21 heavy (non-hydrogen) atoms. The molecule has 0 amide bonds. The fourth-order valence-corrected chi connectivity index (χ4v) is 3.77. The first-order valence-corrected chi connectivity index (χ1v) is 8.61. The van der Waals surface area contributed by atoms with Crippen LogP contribution in [0.4, 0.5) is 5.95 Å². The van der Waals surface area contributed by atoms with Gasteiger partial charge in [0.1, 0.15) is 0 Å². The summed E-state index contributed by atoms with van der Waals surface area (Å²) in [6.45, 7) is 5.55. The monoisotopic (exact) mass is 310 g/mol. The van der Waals surface area contributed by atoms with Gasteiger partial charge in [0.25, 0.3) is 0 Å². The lowest BCUT2D eigenvalue weighted by molar-refractivity contribution is -0.133. The van der Waals surface area contributed by atoms with Crippen LogP contribution in [0.3, 0.4) is 0 Å². The zero-order valence-corrected chi connectivity index (χ0v) is 13.3. The molecule has 2 unspecified atom stereocenters. The van der Waals surface area contributed by atoms with Crippen LogP contribution in [0.15, 0.2) is 5.16 Å². The summed E-state index contributed by atoms with van der Waals surface area (Å²) >= 11 is 1.27. The fraction of sp³-hybridized carbons (Fsp3) is 0.786. The van der Waals surface area contributed by atoms with Crippen LogP contribution in [-0.2, 0) is 4.79 Å². The number of carboxylic acids is 1. The molecule has 0 spiro atoms. The second kappa shape index (κ2) is 5.87. The number of aromatic nitrogens is 3. The van der Waals surface area contributed by atoms with E-state index in [1.54, 1.807) is 0 Å². The van der Waals surface area contributed by atoms with Crippen molar-refractivity contribution in [3.8, 4) is 0 Å². The Morgan fingerprint density at radius 2 is 2.10 bits per heavy atom. The molecule has 7 heteroatoms. The Morgan fingerprint density at radius 3 is 2.71 bits per heavy atom. The predicted octanol–water partition coefficient (Wildman–Crippen LogP) is 2.41. The summed E-state index contributed by atoms with van der Waals surface area (Å²) < 4.78 is 2.17. The Hall–Kier alpha value is -1.24. The standard InChI is InChI=1S/C14H22N4O2S/c1-9-5-6-17(10(2)7-9)13-15-16-14(21-8-12(19)20)18(13)11-3-4-11/h9-11H,3-8H2,1-2H3,(H,19,20). The first-order chi connectivity index (χ1) is 10.1. The number of aliphatic carboxylic acids is 1. The maximum atomic E-state index is 10.8. The SMILES string of the molecule is CC1CCN(c2nnc(SCC(=O)O)n2C2CC2)C(C)C1. The zero-order chi connectivity index (χ0) is 15.0. The molecule has 1 aliphatic heterocycles. The molecule has 0 aromatic carbocycles. The highest BCUT2D eigenvalue weighted by atomic mass is 32.2. The minimum Gasteiger partial charge on any atom is -0.481 e. The van der Waals surface area contributed by atoms with E-state index in [0.717, 1.165) is 36.4 Å². The van der Waals surface area contributed by atoms with E-state index in [2.05, 4.69) is 33.5 Å². The lowest BCUT2D eigenvalue weighted by atomic mass is 9.94. The molecule has 0 radical (unpaired) electrons. The van der Waals surface area contributed by atoms with E-state index in [0.29, 0.717) is 12.1 Å². The van der Waals surface area contributed by atoms with Gasteiger partial charge in [-0.05, 0) is 38.5 Å². The second-order valence-corrected chi connectivity index (χ2v) is 7.18. The van der Waals surface area contributed by atoms with Gasteiger partial charge >= 0.3 is 5.97 Å². The topological polar surface area (TPSA) is 71.2 Å². The zero-order valence-electron chi connectivity index (χ0n) is 12.5. The fourth-order valence-electron chi connectivity index (χ4n) is 3.05. The average molecular weight is 310 g/mol. The summed E-state index contributed by atoms with van der Waals surface area (Å²) in [6.07, 6.45) is 4.64. The van der Waals surface area contributed by atoms with Gasteiger partial charge in [-0.3, -0.25) is 9.36 Å². The van der Waals surface area contributed by atoms with Gasteiger partial charge in [-0.2, -0.15) is 0 Å². The smallest absolute Gasteiger partial charge is 0.313 e. The minimum atomic E-state index is -0.813. The molecule has 1 saturated carbocycles. The molecule has 1 N–H and O–H groups in total. The highest BCUT2D eigenvalue weighted by Gasteiger charge is 2.34. The van der Waals surface area contributed by atoms with Crippen molar-refractivity contribution in [2.24, 2.45) is 5.92 Å². The molecule has 1 aliphatic carbocycles. The molecule has 2 atom stereocenters. The molecule has 1 aromatic rings. The van der Waals surface area contributed by atoms with E-state index in [1.165, 1.54) is 24.6 Å². The van der Waals surface area contributed by atoms with Crippen molar-refractivity contribution in [2.75, 3.05) is 17.2 Å². The normalized spacial score (nSPS) is 26.1. The summed E-state index contributed by atoms with van der Waals surface area (Å²) in [5.74, 6) is 0.920. The molecular weight excluding hydrogens is 288 g/mol. The van der Waals surface area contributed by atoms with E-state index in [-0.39, 0.29) is 5.75 Å². The Balaban J connectivity index is 1.83. The Kier molecular flexibility index (Phi) is 4.10.